The van der Waals surface area contributed by atoms with Gasteiger partial charge in [-0.1, -0.05) is 60.1 Å². The zero-order chi connectivity index (χ0) is 16.9. The maximum absolute atomic E-state index is 12.1. The lowest BCUT2D eigenvalue weighted by atomic mass is 9.80. The molecule has 0 saturated carbocycles. The number of hydrogen-bond acceptors (Lipinski definition) is 2. The molecule has 3 nitrogen and oxygen atoms in total. The maximum Gasteiger partial charge on any atom is 0.271 e. The molecule has 2 aromatic rings. The third-order valence-corrected chi connectivity index (χ3v) is 4.24. The van der Waals surface area contributed by atoms with E-state index in [-0.39, 0.29) is 11.3 Å². The minimum atomic E-state index is -0.200. The van der Waals surface area contributed by atoms with Gasteiger partial charge in [-0.2, -0.15) is 5.10 Å². The Labute approximate surface area is 145 Å². The molecule has 0 heterocycles. The summed E-state index contributed by atoms with van der Waals surface area (Å²) < 4.78 is 0.943. The van der Waals surface area contributed by atoms with E-state index in [9.17, 15) is 4.79 Å². The number of rotatable bonds is 5. The number of benzene rings is 2. The van der Waals surface area contributed by atoms with Gasteiger partial charge in [-0.05, 0) is 48.6 Å². The fourth-order valence-corrected chi connectivity index (χ4v) is 2.75. The standard InChI is InChI=1S/C19H21BrN2O/c1-14(13-19(2,3)16-7-5-4-6-8-16)21-22-18(23)15-9-11-17(20)12-10-15/h4-12H,13H2,1-3H3,(H,22,23)/b21-14-. The van der Waals surface area contributed by atoms with Crippen LogP contribution in [0.25, 0.3) is 0 Å². The second-order valence-corrected chi connectivity index (χ2v) is 7.14. The van der Waals surface area contributed by atoms with Crippen LogP contribution in [0.4, 0.5) is 0 Å². The van der Waals surface area contributed by atoms with E-state index in [1.54, 1.807) is 12.1 Å². The normalized spacial score (nSPS) is 12.1. The molecule has 0 radical (unpaired) electrons. The van der Waals surface area contributed by atoms with E-state index < -0.39 is 0 Å². The van der Waals surface area contributed by atoms with Crippen molar-refractivity contribution in [2.45, 2.75) is 32.6 Å². The van der Waals surface area contributed by atoms with Crippen molar-refractivity contribution in [2.75, 3.05) is 0 Å². The first-order valence-electron chi connectivity index (χ1n) is 7.53. The predicted molar refractivity (Wildman–Crippen MR) is 98.8 cm³/mol. The van der Waals surface area contributed by atoms with Crippen LogP contribution in [0.2, 0.25) is 0 Å². The molecule has 2 aromatic carbocycles. The first-order valence-corrected chi connectivity index (χ1v) is 8.32. The van der Waals surface area contributed by atoms with E-state index >= 15 is 0 Å². The first kappa shape index (κ1) is 17.4. The lowest BCUT2D eigenvalue weighted by molar-refractivity contribution is 0.0954. The van der Waals surface area contributed by atoms with Gasteiger partial charge in [0.15, 0.2) is 0 Å². The van der Waals surface area contributed by atoms with Crippen LogP contribution >= 0.6 is 15.9 Å². The Kier molecular flexibility index (Phi) is 5.72. The van der Waals surface area contributed by atoms with Crippen molar-refractivity contribution in [1.29, 1.82) is 0 Å². The Bertz CT molecular complexity index is 691. The van der Waals surface area contributed by atoms with Crippen LogP contribution in [-0.4, -0.2) is 11.6 Å². The van der Waals surface area contributed by atoms with E-state index in [0.29, 0.717) is 5.56 Å². The Balaban J connectivity index is 2.00. The van der Waals surface area contributed by atoms with Crippen LogP contribution in [-0.2, 0) is 5.41 Å². The molecule has 0 spiro atoms. The molecule has 0 bridgehead atoms. The van der Waals surface area contributed by atoms with Gasteiger partial charge in [0.05, 0.1) is 0 Å². The third kappa shape index (κ3) is 5.03. The van der Waals surface area contributed by atoms with Gasteiger partial charge in [0, 0.05) is 15.7 Å². The number of hydrogen-bond donors (Lipinski definition) is 1. The number of nitrogens with zero attached hydrogens (tertiary/aromatic N) is 1. The van der Waals surface area contributed by atoms with E-state index in [2.05, 4.69) is 52.4 Å². The summed E-state index contributed by atoms with van der Waals surface area (Å²) >= 11 is 3.35. The number of nitrogens with one attached hydrogen (secondary N) is 1. The van der Waals surface area contributed by atoms with Gasteiger partial charge in [-0.25, -0.2) is 5.43 Å². The van der Waals surface area contributed by atoms with Gasteiger partial charge in [0.2, 0.25) is 0 Å². The average Bonchev–Trinajstić information content (AvgIpc) is 2.54. The minimum Gasteiger partial charge on any atom is -0.267 e. The molecule has 120 valence electrons. The molecule has 0 aliphatic heterocycles. The van der Waals surface area contributed by atoms with Gasteiger partial charge >= 0.3 is 0 Å². The summed E-state index contributed by atoms with van der Waals surface area (Å²) in [6.45, 7) is 6.29. The molecule has 1 amide bonds. The molecule has 2 rings (SSSR count). The highest BCUT2D eigenvalue weighted by Crippen LogP contribution is 2.27. The number of hydrazone groups is 1. The monoisotopic (exact) mass is 372 g/mol. The molecular weight excluding hydrogens is 352 g/mol. The SMILES string of the molecule is C/C(CC(C)(C)c1ccccc1)=N/NC(=O)c1ccc(Br)cc1. The van der Waals surface area contributed by atoms with Gasteiger partial charge in [-0.15, -0.1) is 0 Å². The molecule has 0 atom stereocenters. The Hall–Kier alpha value is -1.94. The highest BCUT2D eigenvalue weighted by atomic mass is 79.9. The van der Waals surface area contributed by atoms with E-state index in [1.165, 1.54) is 5.56 Å². The number of halogens is 1. The van der Waals surface area contributed by atoms with Crippen LogP contribution in [0.5, 0.6) is 0 Å². The second kappa shape index (κ2) is 7.55. The average molecular weight is 373 g/mol. The summed E-state index contributed by atoms with van der Waals surface area (Å²) in [5.41, 5.74) is 5.34. The zero-order valence-electron chi connectivity index (χ0n) is 13.6. The summed E-state index contributed by atoms with van der Waals surface area (Å²) in [6, 6.07) is 17.5. The number of carbonyl (C=O) groups is 1. The summed E-state index contributed by atoms with van der Waals surface area (Å²) in [5.74, 6) is -0.200. The highest BCUT2D eigenvalue weighted by Gasteiger charge is 2.21. The van der Waals surface area contributed by atoms with Crippen LogP contribution in [0, 0.1) is 0 Å². The molecule has 0 aliphatic rings. The second-order valence-electron chi connectivity index (χ2n) is 6.22. The molecule has 0 aliphatic carbocycles. The topological polar surface area (TPSA) is 41.5 Å². The predicted octanol–water partition coefficient (Wildman–Crippen LogP) is 4.92. The fourth-order valence-electron chi connectivity index (χ4n) is 2.48. The van der Waals surface area contributed by atoms with Crippen molar-refractivity contribution in [3.63, 3.8) is 0 Å². The Morgan fingerprint density at radius 1 is 1.09 bits per heavy atom. The molecule has 0 aromatic heterocycles. The Morgan fingerprint density at radius 2 is 1.70 bits per heavy atom. The first-order chi connectivity index (χ1) is 10.9. The zero-order valence-corrected chi connectivity index (χ0v) is 15.2. The summed E-state index contributed by atoms with van der Waals surface area (Å²) in [6.07, 6.45) is 0.775. The smallest absolute Gasteiger partial charge is 0.267 e. The van der Waals surface area contributed by atoms with Gasteiger partial charge in [-0.3, -0.25) is 4.79 Å². The van der Waals surface area contributed by atoms with E-state index in [4.69, 9.17) is 0 Å². The molecule has 1 N–H and O–H groups in total. The van der Waals surface area contributed by atoms with E-state index in [0.717, 1.165) is 16.6 Å². The summed E-state index contributed by atoms with van der Waals surface area (Å²) in [7, 11) is 0. The fraction of sp³-hybridized carbons (Fsp3) is 0.263. The summed E-state index contributed by atoms with van der Waals surface area (Å²) in [4.78, 5) is 12.1. The van der Waals surface area contributed by atoms with Crippen LogP contribution in [0.15, 0.2) is 64.2 Å². The van der Waals surface area contributed by atoms with Crippen molar-refractivity contribution in [1.82, 2.24) is 5.43 Å². The Morgan fingerprint density at radius 3 is 2.30 bits per heavy atom. The van der Waals surface area contributed by atoms with Crippen molar-refractivity contribution in [3.8, 4) is 0 Å². The van der Waals surface area contributed by atoms with Crippen molar-refractivity contribution >= 4 is 27.5 Å². The number of amides is 1. The lowest BCUT2D eigenvalue weighted by Crippen LogP contribution is -2.24. The van der Waals surface area contributed by atoms with Crippen molar-refractivity contribution < 1.29 is 4.79 Å². The maximum atomic E-state index is 12.1. The van der Waals surface area contributed by atoms with Gasteiger partial charge < -0.3 is 0 Å². The molecular formula is C19H21BrN2O. The summed E-state index contributed by atoms with van der Waals surface area (Å²) in [5, 5.41) is 4.24. The lowest BCUT2D eigenvalue weighted by Gasteiger charge is -2.25. The van der Waals surface area contributed by atoms with Gasteiger partial charge in [0.25, 0.3) is 5.91 Å². The minimum absolute atomic E-state index is 0.0306. The van der Waals surface area contributed by atoms with Crippen LogP contribution < -0.4 is 5.43 Å². The number of carbonyl (C=O) groups excluding carboxylic acids is 1. The van der Waals surface area contributed by atoms with Crippen LogP contribution in [0.3, 0.4) is 0 Å². The van der Waals surface area contributed by atoms with Crippen molar-refractivity contribution in [2.24, 2.45) is 5.10 Å². The van der Waals surface area contributed by atoms with Crippen molar-refractivity contribution in [3.05, 3.63) is 70.2 Å². The third-order valence-electron chi connectivity index (χ3n) is 3.71. The highest BCUT2D eigenvalue weighted by molar-refractivity contribution is 9.10. The van der Waals surface area contributed by atoms with E-state index in [1.807, 2.05) is 37.3 Å². The molecule has 0 saturated heterocycles. The molecule has 0 unspecified atom stereocenters. The quantitative estimate of drug-likeness (QED) is 0.587. The largest absolute Gasteiger partial charge is 0.271 e. The van der Waals surface area contributed by atoms with Crippen LogP contribution in [0.1, 0.15) is 43.1 Å². The van der Waals surface area contributed by atoms with Gasteiger partial charge in [0.1, 0.15) is 0 Å². The molecule has 23 heavy (non-hydrogen) atoms. The molecule has 4 heteroatoms. The molecule has 0 fully saturated rings.